The van der Waals surface area contributed by atoms with Crippen LogP contribution in [0.5, 0.6) is 5.75 Å². The molecule has 0 fully saturated rings. The van der Waals surface area contributed by atoms with Crippen LogP contribution < -0.4 is 4.74 Å². The van der Waals surface area contributed by atoms with E-state index >= 15 is 0 Å². The SMILES string of the molecule is C=CC/C=C\C/C=C\CCCCCCCc1cccc(OC(C)=O)c1C(=O)O. The van der Waals surface area contributed by atoms with E-state index in [1.165, 1.54) is 25.8 Å². The first kappa shape index (κ1) is 23.4. The summed E-state index contributed by atoms with van der Waals surface area (Å²) < 4.78 is 5.03. The van der Waals surface area contributed by atoms with Crippen molar-refractivity contribution in [1.29, 1.82) is 0 Å². The summed E-state index contributed by atoms with van der Waals surface area (Å²) in [5.41, 5.74) is 0.823. The molecular formula is C24H32O4. The molecule has 28 heavy (non-hydrogen) atoms. The van der Waals surface area contributed by atoms with E-state index in [9.17, 15) is 14.7 Å². The van der Waals surface area contributed by atoms with Crippen LogP contribution in [0.15, 0.2) is 55.2 Å². The Labute approximate surface area is 168 Å². The van der Waals surface area contributed by atoms with Crippen LogP contribution in [0.2, 0.25) is 0 Å². The van der Waals surface area contributed by atoms with Crippen LogP contribution in [0.1, 0.15) is 74.2 Å². The number of ether oxygens (including phenoxy) is 1. The Bertz CT molecular complexity index is 686. The second-order valence-corrected chi connectivity index (χ2v) is 6.70. The van der Waals surface area contributed by atoms with Gasteiger partial charge < -0.3 is 9.84 Å². The topological polar surface area (TPSA) is 63.6 Å². The number of benzene rings is 1. The van der Waals surface area contributed by atoms with E-state index in [1.54, 1.807) is 12.1 Å². The first-order valence-electron chi connectivity index (χ1n) is 10.0. The molecule has 0 radical (unpaired) electrons. The van der Waals surface area contributed by atoms with Crippen LogP contribution in [0.4, 0.5) is 0 Å². The van der Waals surface area contributed by atoms with Crippen molar-refractivity contribution in [2.45, 2.75) is 64.7 Å². The second-order valence-electron chi connectivity index (χ2n) is 6.70. The molecule has 0 atom stereocenters. The number of carbonyl (C=O) groups excluding carboxylic acids is 1. The van der Waals surface area contributed by atoms with Gasteiger partial charge in [-0.3, -0.25) is 4.79 Å². The van der Waals surface area contributed by atoms with Gasteiger partial charge in [0.25, 0.3) is 0 Å². The van der Waals surface area contributed by atoms with Crippen LogP contribution in [0, 0.1) is 0 Å². The smallest absolute Gasteiger partial charge is 0.339 e. The van der Waals surface area contributed by atoms with Gasteiger partial charge in [0.05, 0.1) is 0 Å². The van der Waals surface area contributed by atoms with E-state index in [4.69, 9.17) is 4.74 Å². The highest BCUT2D eigenvalue weighted by Crippen LogP contribution is 2.24. The number of aromatic carboxylic acids is 1. The minimum atomic E-state index is -1.06. The van der Waals surface area contributed by atoms with Crippen LogP contribution in [-0.4, -0.2) is 17.0 Å². The molecule has 4 heteroatoms. The van der Waals surface area contributed by atoms with Crippen molar-refractivity contribution >= 4 is 11.9 Å². The number of rotatable bonds is 14. The molecule has 0 bridgehead atoms. The molecule has 0 saturated heterocycles. The Morgan fingerprint density at radius 3 is 2.39 bits per heavy atom. The molecule has 1 rings (SSSR count). The average molecular weight is 385 g/mol. The van der Waals surface area contributed by atoms with E-state index in [0.29, 0.717) is 6.42 Å². The third kappa shape index (κ3) is 9.91. The lowest BCUT2D eigenvalue weighted by Crippen LogP contribution is -2.10. The fourth-order valence-corrected chi connectivity index (χ4v) is 2.96. The number of unbranched alkanes of at least 4 members (excludes halogenated alkanes) is 5. The zero-order valence-corrected chi connectivity index (χ0v) is 16.9. The molecule has 0 heterocycles. The molecule has 0 amide bonds. The number of esters is 1. The van der Waals surface area contributed by atoms with Gasteiger partial charge in [-0.2, -0.15) is 0 Å². The van der Waals surface area contributed by atoms with Gasteiger partial charge in [0.1, 0.15) is 11.3 Å². The van der Waals surface area contributed by atoms with E-state index in [2.05, 4.69) is 30.9 Å². The maximum atomic E-state index is 11.6. The van der Waals surface area contributed by atoms with Crippen LogP contribution in [0.25, 0.3) is 0 Å². The summed E-state index contributed by atoms with van der Waals surface area (Å²) in [4.78, 5) is 22.7. The fraction of sp³-hybridized carbons (Fsp3) is 0.417. The average Bonchev–Trinajstić information content (AvgIpc) is 2.65. The summed E-state index contributed by atoms with van der Waals surface area (Å²) in [6.07, 6.45) is 19.7. The molecule has 0 aliphatic rings. The Balaban J connectivity index is 2.28. The van der Waals surface area contributed by atoms with E-state index in [1.807, 2.05) is 6.08 Å². The minimum absolute atomic E-state index is 0.102. The molecule has 1 N–H and O–H groups in total. The molecule has 1 aromatic rings. The summed E-state index contributed by atoms with van der Waals surface area (Å²) in [6.45, 7) is 4.95. The molecular weight excluding hydrogens is 352 g/mol. The summed E-state index contributed by atoms with van der Waals surface area (Å²) in [6, 6.07) is 5.06. The summed E-state index contributed by atoms with van der Waals surface area (Å²) in [7, 11) is 0. The lowest BCUT2D eigenvalue weighted by molar-refractivity contribution is -0.131. The number of allylic oxidation sites excluding steroid dienone is 5. The van der Waals surface area contributed by atoms with Gasteiger partial charge >= 0.3 is 11.9 Å². The summed E-state index contributed by atoms with van der Waals surface area (Å²) >= 11 is 0. The molecule has 0 aliphatic carbocycles. The van der Waals surface area contributed by atoms with Gasteiger partial charge in [-0.1, -0.05) is 61.8 Å². The quantitative estimate of drug-likeness (QED) is 0.178. The normalized spacial score (nSPS) is 11.2. The highest BCUT2D eigenvalue weighted by molar-refractivity contribution is 5.93. The van der Waals surface area contributed by atoms with Crippen LogP contribution in [-0.2, 0) is 11.2 Å². The third-order valence-corrected chi connectivity index (χ3v) is 4.31. The van der Waals surface area contributed by atoms with Crippen LogP contribution >= 0.6 is 0 Å². The molecule has 0 spiro atoms. The lowest BCUT2D eigenvalue weighted by atomic mass is 9.99. The number of carboxylic acid groups (broad SMARTS) is 1. The number of carboxylic acids is 1. The highest BCUT2D eigenvalue weighted by Gasteiger charge is 2.17. The third-order valence-electron chi connectivity index (χ3n) is 4.31. The lowest BCUT2D eigenvalue weighted by Gasteiger charge is -2.11. The van der Waals surface area contributed by atoms with Crippen molar-refractivity contribution in [3.63, 3.8) is 0 Å². The second kappa shape index (κ2) is 14.4. The minimum Gasteiger partial charge on any atom is -0.478 e. The van der Waals surface area contributed by atoms with Gasteiger partial charge in [0.15, 0.2) is 0 Å². The standard InChI is InChI=1S/C24H32O4/c1-3-4-5-6-7-8-9-10-11-12-13-14-15-17-21-18-16-19-22(28-20(2)25)23(21)24(26)27/h3,5-6,8-9,16,18-19H,1,4,7,10-15,17H2,2H3,(H,26,27)/b6-5-,9-8-. The van der Waals surface area contributed by atoms with Crippen LogP contribution in [0.3, 0.4) is 0 Å². The Hall–Kier alpha value is -2.62. The Morgan fingerprint density at radius 2 is 1.68 bits per heavy atom. The molecule has 0 unspecified atom stereocenters. The monoisotopic (exact) mass is 384 g/mol. The Kier molecular flexibility index (Phi) is 12.1. The summed E-state index contributed by atoms with van der Waals surface area (Å²) in [5.74, 6) is -1.44. The largest absolute Gasteiger partial charge is 0.478 e. The summed E-state index contributed by atoms with van der Waals surface area (Å²) in [5, 5.41) is 9.46. The fourth-order valence-electron chi connectivity index (χ4n) is 2.96. The molecule has 4 nitrogen and oxygen atoms in total. The Morgan fingerprint density at radius 1 is 1.00 bits per heavy atom. The zero-order valence-electron chi connectivity index (χ0n) is 16.9. The molecule has 0 saturated carbocycles. The van der Waals surface area contributed by atoms with Crippen molar-refractivity contribution in [3.05, 3.63) is 66.3 Å². The zero-order chi connectivity index (χ0) is 20.6. The maximum absolute atomic E-state index is 11.6. The maximum Gasteiger partial charge on any atom is 0.339 e. The van der Waals surface area contributed by atoms with Crippen molar-refractivity contribution in [2.24, 2.45) is 0 Å². The first-order valence-corrected chi connectivity index (χ1v) is 10.0. The van der Waals surface area contributed by atoms with E-state index < -0.39 is 11.9 Å². The van der Waals surface area contributed by atoms with Crippen molar-refractivity contribution in [3.8, 4) is 5.75 Å². The number of hydrogen-bond donors (Lipinski definition) is 1. The van der Waals surface area contributed by atoms with Gasteiger partial charge in [0, 0.05) is 6.92 Å². The first-order chi connectivity index (χ1) is 13.6. The molecule has 0 aromatic heterocycles. The molecule has 152 valence electrons. The van der Waals surface area contributed by atoms with Gasteiger partial charge in [-0.15, -0.1) is 6.58 Å². The van der Waals surface area contributed by atoms with E-state index in [-0.39, 0.29) is 11.3 Å². The number of aryl methyl sites for hydroxylation is 1. The van der Waals surface area contributed by atoms with Gasteiger partial charge in [-0.25, -0.2) is 4.79 Å². The number of hydrogen-bond acceptors (Lipinski definition) is 3. The van der Waals surface area contributed by atoms with Crippen molar-refractivity contribution in [2.75, 3.05) is 0 Å². The number of carbonyl (C=O) groups is 2. The predicted molar refractivity (Wildman–Crippen MR) is 114 cm³/mol. The highest BCUT2D eigenvalue weighted by atomic mass is 16.5. The predicted octanol–water partition coefficient (Wildman–Crippen LogP) is 6.27. The molecule has 0 aliphatic heterocycles. The van der Waals surface area contributed by atoms with E-state index in [0.717, 1.165) is 44.1 Å². The van der Waals surface area contributed by atoms with Gasteiger partial charge in [0.2, 0.25) is 0 Å². The van der Waals surface area contributed by atoms with Gasteiger partial charge in [-0.05, 0) is 50.2 Å². The molecule has 1 aromatic carbocycles. The van der Waals surface area contributed by atoms with Crippen molar-refractivity contribution < 1.29 is 19.4 Å². The van der Waals surface area contributed by atoms with Crippen molar-refractivity contribution in [1.82, 2.24) is 0 Å².